The molecule has 2 aromatic rings. The number of cyclic esters (lactones) is 1. The Morgan fingerprint density at radius 3 is 2.54 bits per heavy atom. The lowest BCUT2D eigenvalue weighted by atomic mass is 10.2. The van der Waals surface area contributed by atoms with Crippen molar-refractivity contribution in [1.29, 1.82) is 0 Å². The summed E-state index contributed by atoms with van der Waals surface area (Å²) in [5.74, 6) is -0.117. The van der Waals surface area contributed by atoms with Crippen molar-refractivity contribution in [2.24, 2.45) is 0 Å². The van der Waals surface area contributed by atoms with Gasteiger partial charge < -0.3 is 39.1 Å². The Hall–Kier alpha value is -2.57. The molecule has 212 valence electrons. The van der Waals surface area contributed by atoms with Crippen LogP contribution in [-0.4, -0.2) is 76.8 Å². The van der Waals surface area contributed by atoms with Gasteiger partial charge in [0.2, 0.25) is 8.03 Å². The maximum atomic E-state index is 14.8. The third-order valence-corrected chi connectivity index (χ3v) is 9.87. The van der Waals surface area contributed by atoms with Crippen molar-refractivity contribution in [2.75, 3.05) is 49.2 Å². The van der Waals surface area contributed by atoms with Gasteiger partial charge in [-0.2, -0.15) is 0 Å². The third kappa shape index (κ3) is 7.76. The fourth-order valence-corrected chi connectivity index (χ4v) is 6.36. The molecule has 2 heterocycles. The second-order valence-corrected chi connectivity index (χ2v) is 12.9. The number of carbonyl (C=O) groups is 1. The molecule has 4 rings (SSSR count). The SMILES string of the molecule is O=C1O[C@@H](CNC(=S)Oc2ccc(CC([PH](=O)O)P(=O)(O)O)cc2)CN1c1ccc(N2CCOCC2)c(F)c1. The third-order valence-electron chi connectivity index (χ3n) is 6.20. The van der Waals surface area contributed by atoms with E-state index in [4.69, 9.17) is 26.4 Å². The van der Waals surface area contributed by atoms with Crippen molar-refractivity contribution < 1.29 is 47.2 Å². The first-order valence-corrected chi connectivity index (χ1v) is 15.5. The maximum absolute atomic E-state index is 14.8. The summed E-state index contributed by atoms with van der Waals surface area (Å²) in [6, 6.07) is 10.6. The van der Waals surface area contributed by atoms with Gasteiger partial charge in [0, 0.05) is 13.1 Å². The van der Waals surface area contributed by atoms with E-state index in [9.17, 15) is 33.0 Å². The van der Waals surface area contributed by atoms with Crippen molar-refractivity contribution in [3.05, 3.63) is 53.8 Å². The highest BCUT2D eigenvalue weighted by molar-refractivity contribution is 7.80. The predicted octanol–water partition coefficient (Wildman–Crippen LogP) is 2.45. The molecule has 3 atom stereocenters. The summed E-state index contributed by atoms with van der Waals surface area (Å²) >= 11 is 5.18. The molecule has 0 aliphatic carbocycles. The summed E-state index contributed by atoms with van der Waals surface area (Å²) in [6.45, 7) is 2.55. The van der Waals surface area contributed by atoms with Crippen LogP contribution >= 0.6 is 27.8 Å². The van der Waals surface area contributed by atoms with E-state index < -0.39 is 39.0 Å². The van der Waals surface area contributed by atoms with Crippen molar-refractivity contribution >= 4 is 50.5 Å². The number of thiocarbonyl (C=S) groups is 1. The molecular weight excluding hydrogens is 575 g/mol. The molecule has 1 amide bonds. The lowest BCUT2D eigenvalue weighted by Crippen LogP contribution is -2.37. The Bertz CT molecular complexity index is 1270. The second-order valence-electron chi connectivity index (χ2n) is 8.91. The average molecular weight is 604 g/mol. The molecule has 0 aromatic heterocycles. The van der Waals surface area contributed by atoms with E-state index in [-0.39, 0.29) is 24.7 Å². The van der Waals surface area contributed by atoms with Gasteiger partial charge in [0.25, 0.3) is 5.17 Å². The van der Waals surface area contributed by atoms with Crippen LogP contribution in [0.2, 0.25) is 0 Å². The number of anilines is 2. The first-order chi connectivity index (χ1) is 18.5. The van der Waals surface area contributed by atoms with E-state index in [1.165, 1.54) is 35.2 Å². The van der Waals surface area contributed by atoms with Crippen molar-refractivity contribution in [3.63, 3.8) is 0 Å². The van der Waals surface area contributed by atoms with Crippen LogP contribution in [-0.2, 0) is 25.0 Å². The van der Waals surface area contributed by atoms with E-state index in [2.05, 4.69) is 5.32 Å². The molecule has 4 N–H and O–H groups in total. The smallest absolute Gasteiger partial charge is 0.414 e. The number of rotatable bonds is 9. The van der Waals surface area contributed by atoms with Gasteiger partial charge in [0.05, 0.1) is 37.7 Å². The van der Waals surface area contributed by atoms with Crippen LogP contribution in [0.3, 0.4) is 0 Å². The van der Waals surface area contributed by atoms with Gasteiger partial charge in [-0.25, -0.2) is 9.18 Å². The highest BCUT2D eigenvalue weighted by atomic mass is 32.1. The Morgan fingerprint density at radius 2 is 1.92 bits per heavy atom. The predicted molar refractivity (Wildman–Crippen MR) is 145 cm³/mol. The van der Waals surface area contributed by atoms with Gasteiger partial charge >= 0.3 is 13.7 Å². The fraction of sp³-hybridized carbons (Fsp3) is 0.391. The number of morpholine rings is 1. The van der Waals surface area contributed by atoms with Crippen molar-refractivity contribution in [2.45, 2.75) is 17.9 Å². The van der Waals surface area contributed by atoms with Crippen molar-refractivity contribution in [3.8, 4) is 5.75 Å². The number of hydrogen-bond acceptors (Lipinski definition) is 8. The van der Waals surface area contributed by atoms with Gasteiger partial charge in [-0.15, -0.1) is 0 Å². The minimum Gasteiger partial charge on any atom is -0.442 e. The topological polar surface area (TPSA) is 158 Å². The molecular formula is C23H28FN3O9P2S. The molecule has 2 aliphatic rings. The molecule has 0 saturated carbocycles. The standard InChI is InChI=1S/C23H28FN3O9P2S/c24-19-12-16(3-6-20(19)26-7-9-34-10-8-26)27-14-18(36-23(27)28)13-25-22(39)35-17-4-1-15(2-5-17)11-21(37(29)30)38(31,32)33/h1-6,12,18,21,37H,7-11,13-14H2,(H,25,39)(H,29,30)(H2,31,32,33)/t18-,21?/m0/s1. The fourth-order valence-electron chi connectivity index (χ4n) is 4.17. The van der Waals surface area contributed by atoms with Gasteiger partial charge in [-0.05, 0) is 54.5 Å². The molecule has 0 radical (unpaired) electrons. The molecule has 0 spiro atoms. The normalized spacial score (nSPS) is 19.4. The zero-order valence-corrected chi connectivity index (χ0v) is 23.3. The minimum atomic E-state index is -4.73. The van der Waals surface area contributed by atoms with E-state index in [0.717, 1.165) is 0 Å². The van der Waals surface area contributed by atoms with Gasteiger partial charge in [0.15, 0.2) is 0 Å². The molecule has 2 saturated heterocycles. The number of halogens is 1. The molecule has 2 unspecified atom stereocenters. The average Bonchev–Trinajstić information content (AvgIpc) is 3.27. The quantitative estimate of drug-likeness (QED) is 0.246. The Kier molecular flexibility index (Phi) is 9.60. The molecule has 12 nitrogen and oxygen atoms in total. The number of carbonyl (C=O) groups excluding carboxylic acids is 1. The van der Waals surface area contributed by atoms with Crippen LogP contribution in [0.1, 0.15) is 5.56 Å². The summed E-state index contributed by atoms with van der Waals surface area (Å²) in [6.07, 6.45) is -1.46. The van der Waals surface area contributed by atoms with E-state index >= 15 is 0 Å². The van der Waals surface area contributed by atoms with Gasteiger partial charge in [-0.3, -0.25) is 14.0 Å². The maximum Gasteiger partial charge on any atom is 0.414 e. The summed E-state index contributed by atoms with van der Waals surface area (Å²) in [5.41, 5.74) is 1.27. The second kappa shape index (κ2) is 12.7. The molecule has 16 heteroatoms. The zero-order chi connectivity index (χ0) is 28.2. The number of amides is 1. The van der Waals surface area contributed by atoms with E-state index in [1.54, 1.807) is 12.1 Å². The number of benzene rings is 2. The number of hydrogen-bond donors (Lipinski definition) is 4. The molecule has 0 bridgehead atoms. The number of nitrogens with one attached hydrogen (secondary N) is 1. The Morgan fingerprint density at radius 1 is 1.23 bits per heavy atom. The van der Waals surface area contributed by atoms with Crippen molar-refractivity contribution in [1.82, 2.24) is 5.32 Å². The van der Waals surface area contributed by atoms with Crippen LogP contribution in [0.15, 0.2) is 42.5 Å². The summed E-state index contributed by atoms with van der Waals surface area (Å²) in [4.78, 5) is 43.4. The summed E-state index contributed by atoms with van der Waals surface area (Å²) in [5, 5.41) is 1.18. The number of nitrogens with zero attached hydrogens (tertiary/aromatic N) is 2. The van der Waals surface area contributed by atoms with Crippen LogP contribution in [0.25, 0.3) is 0 Å². The Balaban J connectivity index is 1.27. The Labute approximate surface area is 229 Å². The highest BCUT2D eigenvalue weighted by Gasteiger charge is 2.34. The summed E-state index contributed by atoms with van der Waals surface area (Å²) < 4.78 is 53.7. The lowest BCUT2D eigenvalue weighted by molar-refractivity contribution is 0.122. The van der Waals surface area contributed by atoms with Crippen LogP contribution in [0, 0.1) is 5.82 Å². The van der Waals surface area contributed by atoms with Gasteiger partial charge in [-0.1, -0.05) is 12.1 Å². The molecule has 2 aromatic carbocycles. The minimum absolute atomic E-state index is 0.00772. The highest BCUT2D eigenvalue weighted by Crippen LogP contribution is 2.53. The first-order valence-electron chi connectivity index (χ1n) is 11.9. The van der Waals surface area contributed by atoms with Crippen LogP contribution < -0.4 is 19.9 Å². The summed E-state index contributed by atoms with van der Waals surface area (Å²) in [7, 11) is -8.18. The van der Waals surface area contributed by atoms with E-state index in [1.807, 2.05) is 4.90 Å². The molecule has 2 fully saturated rings. The lowest BCUT2D eigenvalue weighted by Gasteiger charge is -2.29. The number of ether oxygens (including phenoxy) is 3. The molecule has 39 heavy (non-hydrogen) atoms. The van der Waals surface area contributed by atoms with Crippen LogP contribution in [0.4, 0.5) is 20.6 Å². The first kappa shape index (κ1) is 29.4. The van der Waals surface area contributed by atoms with Crippen LogP contribution in [0.5, 0.6) is 5.75 Å². The monoisotopic (exact) mass is 603 g/mol. The van der Waals surface area contributed by atoms with Gasteiger partial charge in [0.1, 0.15) is 23.1 Å². The molecule has 2 aliphatic heterocycles. The zero-order valence-electron chi connectivity index (χ0n) is 20.6. The largest absolute Gasteiger partial charge is 0.442 e. The van der Waals surface area contributed by atoms with E-state index in [0.29, 0.717) is 49.0 Å².